The summed E-state index contributed by atoms with van der Waals surface area (Å²) >= 11 is 12.4. The number of carbonyl (C=O) groups is 3. The van der Waals surface area contributed by atoms with Gasteiger partial charge >= 0.3 is 29.6 Å². The van der Waals surface area contributed by atoms with Gasteiger partial charge in [-0.1, -0.05) is 50.0 Å². The molecule has 11 heteroatoms. The summed E-state index contributed by atoms with van der Waals surface area (Å²) in [4.78, 5) is 43.3. The van der Waals surface area contributed by atoms with Gasteiger partial charge in [-0.2, -0.15) is 0 Å². The third kappa shape index (κ3) is 7.26. The average Bonchev–Trinajstić information content (AvgIpc) is 3.10. The van der Waals surface area contributed by atoms with E-state index in [2.05, 4.69) is 26.1 Å². The van der Waals surface area contributed by atoms with E-state index in [9.17, 15) is 19.5 Å². The molecule has 1 N–H and O–H groups in total. The van der Waals surface area contributed by atoms with Crippen molar-refractivity contribution in [3.05, 3.63) is 69.0 Å². The van der Waals surface area contributed by atoms with Crippen LogP contribution in [-0.4, -0.2) is 40.6 Å². The maximum atomic E-state index is 15.2. The summed E-state index contributed by atoms with van der Waals surface area (Å²) in [7, 11) is 0. The van der Waals surface area contributed by atoms with Gasteiger partial charge in [0.05, 0.1) is 6.54 Å². The molecular formula is C29H31Cl2FN3NaO4. The fraction of sp³-hybridized carbons (Fsp3) is 0.448. The van der Waals surface area contributed by atoms with Crippen LogP contribution in [0.5, 0.6) is 0 Å². The third-order valence-electron chi connectivity index (χ3n) is 7.68. The first kappa shape index (κ1) is 32.5. The number of carboxylic acid groups (broad SMARTS) is 1. The Hall–Kier alpha value is -1.97. The van der Waals surface area contributed by atoms with Gasteiger partial charge < -0.3 is 20.1 Å². The Bertz CT molecular complexity index is 1320. The van der Waals surface area contributed by atoms with Crippen molar-refractivity contribution in [3.8, 4) is 0 Å². The third-order valence-corrected chi connectivity index (χ3v) is 8.11. The van der Waals surface area contributed by atoms with Crippen LogP contribution >= 0.6 is 23.2 Å². The number of aliphatic imine (C=N–C) groups is 1. The quantitative estimate of drug-likeness (QED) is 0.491. The molecule has 1 aliphatic carbocycles. The van der Waals surface area contributed by atoms with E-state index in [1.165, 1.54) is 12.1 Å². The second-order valence-corrected chi connectivity index (χ2v) is 12.2. The van der Waals surface area contributed by atoms with E-state index < -0.39 is 23.4 Å². The molecular weight excluding hydrogens is 567 g/mol. The normalized spacial score (nSPS) is 20.8. The molecule has 2 aromatic carbocycles. The molecule has 1 spiro atoms. The number of hydrogen-bond donors (Lipinski definition) is 1. The van der Waals surface area contributed by atoms with Crippen LogP contribution in [0.3, 0.4) is 0 Å². The minimum absolute atomic E-state index is 0. The summed E-state index contributed by atoms with van der Waals surface area (Å²) in [6.45, 7) is 6.47. The van der Waals surface area contributed by atoms with Crippen LogP contribution in [0.1, 0.15) is 74.4 Å². The monoisotopic (exact) mass is 597 g/mol. The number of benzene rings is 2. The maximum absolute atomic E-state index is 15.2. The Morgan fingerprint density at radius 3 is 2.30 bits per heavy atom. The summed E-state index contributed by atoms with van der Waals surface area (Å²) in [6.07, 6.45) is 2.67. The van der Waals surface area contributed by atoms with Crippen molar-refractivity contribution in [3.63, 3.8) is 0 Å². The molecule has 2 aliphatic rings. The van der Waals surface area contributed by atoms with Crippen LogP contribution in [0.25, 0.3) is 0 Å². The predicted molar refractivity (Wildman–Crippen MR) is 146 cm³/mol. The zero-order valence-corrected chi connectivity index (χ0v) is 26.7. The molecule has 0 unspecified atom stereocenters. The number of halogens is 3. The Balaban J connectivity index is 0.00000441. The molecule has 1 fully saturated rings. The number of nitrogens with one attached hydrogen (secondary N) is 1. The predicted octanol–water partition coefficient (Wildman–Crippen LogP) is 1.77. The molecule has 1 aliphatic heterocycles. The average molecular weight is 598 g/mol. The Morgan fingerprint density at radius 1 is 1.12 bits per heavy atom. The SMILES string of the molecule is CC(C)(C)C1CCC2(CC1)N=C(c1cc(Cl)cc(Cl)c1)C(=O)N2Cc1ccc(C(=O)NCCC(=O)[O-])cc1F.[Na+]. The van der Waals surface area contributed by atoms with Crippen molar-refractivity contribution in [1.82, 2.24) is 10.2 Å². The van der Waals surface area contributed by atoms with Crippen LogP contribution < -0.4 is 40.0 Å². The number of hydrogen-bond acceptors (Lipinski definition) is 5. The van der Waals surface area contributed by atoms with Crippen LogP contribution in [0.15, 0.2) is 41.4 Å². The second-order valence-electron chi connectivity index (χ2n) is 11.3. The zero-order valence-electron chi connectivity index (χ0n) is 23.2. The van der Waals surface area contributed by atoms with Crippen molar-refractivity contribution < 1.29 is 53.4 Å². The fourth-order valence-electron chi connectivity index (χ4n) is 5.43. The summed E-state index contributed by atoms with van der Waals surface area (Å²) in [5.41, 5.74) is 0.349. The van der Waals surface area contributed by atoms with Crippen molar-refractivity contribution in [2.75, 3.05) is 6.54 Å². The maximum Gasteiger partial charge on any atom is 1.00 e. The van der Waals surface area contributed by atoms with Crippen LogP contribution in [0, 0.1) is 17.2 Å². The molecule has 0 atom stereocenters. The number of aliphatic carboxylic acids is 1. The van der Waals surface area contributed by atoms with E-state index >= 15 is 4.39 Å². The van der Waals surface area contributed by atoms with Gasteiger partial charge in [-0.05, 0) is 67.3 Å². The van der Waals surface area contributed by atoms with Crippen molar-refractivity contribution >= 4 is 46.7 Å². The van der Waals surface area contributed by atoms with Crippen LogP contribution in [0.4, 0.5) is 4.39 Å². The molecule has 208 valence electrons. The van der Waals surface area contributed by atoms with Gasteiger partial charge in [0, 0.05) is 45.7 Å². The number of carboxylic acids is 1. The summed E-state index contributed by atoms with van der Waals surface area (Å²) in [5, 5.41) is 13.8. The number of amides is 2. The zero-order chi connectivity index (χ0) is 28.5. The van der Waals surface area contributed by atoms with Crippen LogP contribution in [0.2, 0.25) is 10.0 Å². The molecule has 0 bridgehead atoms. The van der Waals surface area contributed by atoms with E-state index in [1.54, 1.807) is 23.1 Å². The van der Waals surface area contributed by atoms with Gasteiger partial charge in [0.2, 0.25) is 0 Å². The molecule has 0 aromatic heterocycles. The summed E-state index contributed by atoms with van der Waals surface area (Å²) in [5.74, 6) is -2.40. The van der Waals surface area contributed by atoms with Gasteiger partial charge in [-0.15, -0.1) is 0 Å². The molecule has 0 radical (unpaired) electrons. The minimum atomic E-state index is -1.29. The first-order valence-corrected chi connectivity index (χ1v) is 13.7. The van der Waals surface area contributed by atoms with Crippen molar-refractivity contribution in [1.29, 1.82) is 0 Å². The van der Waals surface area contributed by atoms with Crippen molar-refractivity contribution in [2.24, 2.45) is 16.3 Å². The first-order chi connectivity index (χ1) is 18.3. The molecule has 0 saturated heterocycles. The topological polar surface area (TPSA) is 102 Å². The van der Waals surface area contributed by atoms with Gasteiger partial charge in [0.15, 0.2) is 0 Å². The van der Waals surface area contributed by atoms with E-state index in [0.717, 1.165) is 18.9 Å². The van der Waals surface area contributed by atoms with Crippen molar-refractivity contribution in [2.45, 2.75) is 65.1 Å². The Labute approximate surface area is 265 Å². The molecule has 1 heterocycles. The van der Waals surface area contributed by atoms with E-state index in [4.69, 9.17) is 28.2 Å². The number of carbonyl (C=O) groups excluding carboxylic acids is 3. The molecule has 4 rings (SSSR count). The minimum Gasteiger partial charge on any atom is -0.550 e. The Kier molecular flexibility index (Phi) is 10.5. The van der Waals surface area contributed by atoms with E-state index in [-0.39, 0.29) is 77.2 Å². The molecule has 40 heavy (non-hydrogen) atoms. The molecule has 2 aromatic rings. The largest absolute Gasteiger partial charge is 1.00 e. The first-order valence-electron chi connectivity index (χ1n) is 12.9. The number of rotatable bonds is 7. The fourth-order valence-corrected chi connectivity index (χ4v) is 5.95. The van der Waals surface area contributed by atoms with Crippen LogP contribution in [-0.2, 0) is 16.1 Å². The molecule has 2 amide bonds. The van der Waals surface area contributed by atoms with E-state index in [0.29, 0.717) is 34.4 Å². The summed E-state index contributed by atoms with van der Waals surface area (Å²) < 4.78 is 15.2. The van der Waals surface area contributed by atoms with Gasteiger partial charge in [0.1, 0.15) is 17.2 Å². The molecule has 7 nitrogen and oxygen atoms in total. The standard InChI is InChI=1S/C29H32Cl2FN3O4.Na/c1-28(2,3)20-6-9-29(10-7-20)34-25(19-12-21(30)15-22(31)13-19)27(39)35(29)16-18-5-4-17(14-23(18)32)26(38)33-11-8-24(36)37;/h4-5,12-15,20H,6-11,16H2,1-3H3,(H,33,38)(H,36,37);/q;+1/p-1. The Morgan fingerprint density at radius 2 is 1.75 bits per heavy atom. The van der Waals surface area contributed by atoms with Gasteiger partial charge in [0.25, 0.3) is 11.8 Å². The summed E-state index contributed by atoms with van der Waals surface area (Å²) in [6, 6.07) is 8.90. The smallest absolute Gasteiger partial charge is 0.550 e. The van der Waals surface area contributed by atoms with Gasteiger partial charge in [-0.25, -0.2) is 4.39 Å². The number of nitrogens with zero attached hydrogens (tertiary/aromatic N) is 2. The van der Waals surface area contributed by atoms with Gasteiger partial charge in [-0.3, -0.25) is 14.6 Å². The second kappa shape index (κ2) is 12.9. The van der Waals surface area contributed by atoms with E-state index in [1.807, 2.05) is 0 Å². The molecule has 1 saturated carbocycles.